The Hall–Kier alpha value is -0.370. The van der Waals surface area contributed by atoms with Crippen LogP contribution in [0.15, 0.2) is 15.9 Å². The van der Waals surface area contributed by atoms with Gasteiger partial charge in [-0.05, 0) is 47.3 Å². The van der Waals surface area contributed by atoms with Crippen LogP contribution in [0.25, 0.3) is 0 Å². The van der Waals surface area contributed by atoms with Crippen LogP contribution in [-0.2, 0) is 6.42 Å². The SMILES string of the molecule is N#CC1(CNCCc2ccc(Br)s2)CCC1. The van der Waals surface area contributed by atoms with Gasteiger partial charge in [-0.3, -0.25) is 0 Å². The van der Waals surface area contributed by atoms with Crippen LogP contribution in [0.5, 0.6) is 0 Å². The number of nitriles is 1. The first-order valence-electron chi connectivity index (χ1n) is 5.60. The summed E-state index contributed by atoms with van der Waals surface area (Å²) >= 11 is 5.24. The van der Waals surface area contributed by atoms with Gasteiger partial charge < -0.3 is 5.32 Å². The molecule has 0 bridgehead atoms. The maximum atomic E-state index is 9.06. The van der Waals surface area contributed by atoms with Gasteiger partial charge >= 0.3 is 0 Å². The zero-order valence-electron chi connectivity index (χ0n) is 9.13. The van der Waals surface area contributed by atoms with Crippen LogP contribution >= 0.6 is 27.3 Å². The van der Waals surface area contributed by atoms with Crippen LogP contribution in [-0.4, -0.2) is 13.1 Å². The Kier molecular flexibility index (Phi) is 4.01. The summed E-state index contributed by atoms with van der Waals surface area (Å²) < 4.78 is 1.19. The topological polar surface area (TPSA) is 35.8 Å². The third-order valence-electron chi connectivity index (χ3n) is 3.19. The summed E-state index contributed by atoms with van der Waals surface area (Å²) in [5.41, 5.74) is -0.0456. The Morgan fingerprint density at radius 2 is 2.31 bits per heavy atom. The van der Waals surface area contributed by atoms with Crippen molar-refractivity contribution >= 4 is 27.3 Å². The van der Waals surface area contributed by atoms with E-state index in [9.17, 15) is 0 Å². The Labute approximate surface area is 109 Å². The van der Waals surface area contributed by atoms with Gasteiger partial charge in [0.25, 0.3) is 0 Å². The minimum Gasteiger partial charge on any atom is -0.315 e. The van der Waals surface area contributed by atoms with E-state index in [-0.39, 0.29) is 5.41 Å². The molecule has 86 valence electrons. The highest BCUT2D eigenvalue weighted by Gasteiger charge is 2.36. The highest BCUT2D eigenvalue weighted by atomic mass is 79.9. The standard InChI is InChI=1S/C12H15BrN2S/c13-11-3-2-10(16-11)4-7-15-9-12(8-14)5-1-6-12/h2-3,15H,1,4-7,9H2. The fraction of sp³-hybridized carbons (Fsp3) is 0.583. The number of halogens is 1. The van der Waals surface area contributed by atoms with E-state index in [1.807, 2.05) is 0 Å². The fourth-order valence-corrected chi connectivity index (χ4v) is 3.44. The van der Waals surface area contributed by atoms with E-state index in [1.165, 1.54) is 15.1 Å². The van der Waals surface area contributed by atoms with Gasteiger partial charge in [0.1, 0.15) is 0 Å². The van der Waals surface area contributed by atoms with Gasteiger partial charge in [-0.15, -0.1) is 11.3 Å². The summed E-state index contributed by atoms with van der Waals surface area (Å²) in [5.74, 6) is 0. The Balaban J connectivity index is 1.67. The fourth-order valence-electron chi connectivity index (χ4n) is 1.96. The molecule has 0 atom stereocenters. The predicted octanol–water partition coefficient (Wildman–Crippen LogP) is 3.34. The van der Waals surface area contributed by atoms with Crippen molar-refractivity contribution in [2.45, 2.75) is 25.7 Å². The van der Waals surface area contributed by atoms with Crippen molar-refractivity contribution < 1.29 is 0 Å². The molecule has 0 amide bonds. The lowest BCUT2D eigenvalue weighted by atomic mass is 9.70. The number of hydrogen-bond donors (Lipinski definition) is 1. The molecule has 2 rings (SSSR count). The van der Waals surface area contributed by atoms with Gasteiger partial charge in [0.05, 0.1) is 15.3 Å². The second-order valence-electron chi connectivity index (χ2n) is 4.38. The molecule has 1 aromatic rings. The zero-order valence-corrected chi connectivity index (χ0v) is 11.5. The molecule has 4 heteroatoms. The smallest absolute Gasteiger partial charge is 0.0703 e. The molecule has 0 radical (unpaired) electrons. The molecule has 16 heavy (non-hydrogen) atoms. The van der Waals surface area contributed by atoms with Crippen molar-refractivity contribution in [2.24, 2.45) is 5.41 Å². The molecule has 1 saturated carbocycles. The van der Waals surface area contributed by atoms with Gasteiger partial charge in [0, 0.05) is 18.0 Å². The predicted molar refractivity (Wildman–Crippen MR) is 70.5 cm³/mol. The Morgan fingerprint density at radius 3 is 2.81 bits per heavy atom. The average molecular weight is 299 g/mol. The molecule has 0 saturated heterocycles. The molecule has 1 heterocycles. The molecule has 0 aromatic carbocycles. The summed E-state index contributed by atoms with van der Waals surface area (Å²) in [6, 6.07) is 6.69. The first-order valence-corrected chi connectivity index (χ1v) is 7.21. The normalized spacial score (nSPS) is 17.8. The van der Waals surface area contributed by atoms with E-state index in [2.05, 4.69) is 39.4 Å². The highest BCUT2D eigenvalue weighted by Crippen LogP contribution is 2.39. The summed E-state index contributed by atoms with van der Waals surface area (Å²) in [7, 11) is 0. The molecule has 0 aliphatic heterocycles. The summed E-state index contributed by atoms with van der Waals surface area (Å²) in [6.07, 6.45) is 4.41. The maximum absolute atomic E-state index is 9.06. The number of thiophene rings is 1. The molecule has 1 aliphatic carbocycles. The Bertz CT molecular complexity index is 390. The van der Waals surface area contributed by atoms with Crippen molar-refractivity contribution in [3.63, 3.8) is 0 Å². The molecule has 0 spiro atoms. The quantitative estimate of drug-likeness (QED) is 0.847. The second-order valence-corrected chi connectivity index (χ2v) is 6.93. The van der Waals surface area contributed by atoms with Crippen molar-refractivity contribution in [1.82, 2.24) is 5.32 Å². The highest BCUT2D eigenvalue weighted by molar-refractivity contribution is 9.11. The molecular weight excluding hydrogens is 284 g/mol. The number of hydrogen-bond acceptors (Lipinski definition) is 3. The minimum absolute atomic E-state index is 0.0456. The van der Waals surface area contributed by atoms with E-state index in [0.29, 0.717) is 0 Å². The number of rotatable bonds is 5. The summed E-state index contributed by atoms with van der Waals surface area (Å²) in [4.78, 5) is 1.39. The first kappa shape index (κ1) is 12.1. The number of nitrogens with zero attached hydrogens (tertiary/aromatic N) is 1. The van der Waals surface area contributed by atoms with Crippen molar-refractivity contribution in [1.29, 1.82) is 5.26 Å². The van der Waals surface area contributed by atoms with Crippen LogP contribution in [0.2, 0.25) is 0 Å². The lowest BCUT2D eigenvalue weighted by Crippen LogP contribution is -2.39. The molecule has 0 unspecified atom stereocenters. The van der Waals surface area contributed by atoms with Crippen LogP contribution < -0.4 is 5.32 Å². The van der Waals surface area contributed by atoms with E-state index in [1.54, 1.807) is 11.3 Å². The Morgan fingerprint density at radius 1 is 1.50 bits per heavy atom. The van der Waals surface area contributed by atoms with Crippen molar-refractivity contribution in [3.05, 3.63) is 20.8 Å². The molecule has 2 nitrogen and oxygen atoms in total. The molecule has 1 aliphatic rings. The van der Waals surface area contributed by atoms with Gasteiger partial charge in [-0.1, -0.05) is 6.42 Å². The summed E-state index contributed by atoms with van der Waals surface area (Å²) in [6.45, 7) is 1.83. The van der Waals surface area contributed by atoms with Gasteiger partial charge in [-0.2, -0.15) is 5.26 Å². The third kappa shape index (κ3) is 2.85. The van der Waals surface area contributed by atoms with Crippen LogP contribution in [0.1, 0.15) is 24.1 Å². The lowest BCUT2D eigenvalue weighted by Gasteiger charge is -2.35. The molecule has 1 fully saturated rings. The van der Waals surface area contributed by atoms with Crippen molar-refractivity contribution in [2.75, 3.05) is 13.1 Å². The van der Waals surface area contributed by atoms with E-state index in [0.717, 1.165) is 32.4 Å². The van der Waals surface area contributed by atoms with Gasteiger partial charge in [0.15, 0.2) is 0 Å². The largest absolute Gasteiger partial charge is 0.315 e. The van der Waals surface area contributed by atoms with E-state index in [4.69, 9.17) is 5.26 Å². The molecular formula is C12H15BrN2S. The van der Waals surface area contributed by atoms with E-state index < -0.39 is 0 Å². The monoisotopic (exact) mass is 298 g/mol. The van der Waals surface area contributed by atoms with Crippen molar-refractivity contribution in [3.8, 4) is 6.07 Å². The molecule has 1 N–H and O–H groups in total. The summed E-state index contributed by atoms with van der Waals surface area (Å²) in [5, 5.41) is 12.5. The lowest BCUT2D eigenvalue weighted by molar-refractivity contribution is 0.208. The van der Waals surface area contributed by atoms with Gasteiger partial charge in [0.2, 0.25) is 0 Å². The first-order chi connectivity index (χ1) is 7.74. The minimum atomic E-state index is -0.0456. The van der Waals surface area contributed by atoms with Crippen LogP contribution in [0.4, 0.5) is 0 Å². The van der Waals surface area contributed by atoms with E-state index >= 15 is 0 Å². The third-order valence-corrected chi connectivity index (χ3v) is 4.87. The maximum Gasteiger partial charge on any atom is 0.0703 e. The second kappa shape index (κ2) is 5.31. The number of nitrogens with one attached hydrogen (secondary N) is 1. The van der Waals surface area contributed by atoms with Gasteiger partial charge in [-0.25, -0.2) is 0 Å². The zero-order chi connectivity index (χ0) is 11.4. The van der Waals surface area contributed by atoms with Crippen LogP contribution in [0, 0.1) is 16.7 Å². The average Bonchev–Trinajstić information content (AvgIpc) is 2.62. The molecule has 1 aromatic heterocycles. The van der Waals surface area contributed by atoms with Crippen LogP contribution in [0.3, 0.4) is 0 Å².